The maximum atomic E-state index is 10.6. The Bertz CT molecular complexity index is 766. The van der Waals surface area contributed by atoms with Crippen molar-refractivity contribution >= 4 is 62.8 Å². The molecule has 0 unspecified atom stereocenters. The van der Waals surface area contributed by atoms with Gasteiger partial charge in [-0.25, -0.2) is 4.98 Å². The van der Waals surface area contributed by atoms with Crippen LogP contribution >= 0.6 is 35.7 Å². The number of benzene rings is 1. The molecule has 0 aliphatic carbocycles. The number of nitrogens with zero attached hydrogens (tertiary/aromatic N) is 1. The number of nitrogens with one attached hydrogen (secondary N) is 1. The summed E-state index contributed by atoms with van der Waals surface area (Å²) in [6.45, 7) is 6.17. The molecule has 1 aromatic heterocycles. The summed E-state index contributed by atoms with van der Waals surface area (Å²) in [7, 11) is 0. The van der Waals surface area contributed by atoms with Gasteiger partial charge in [0.25, 0.3) is 0 Å². The van der Waals surface area contributed by atoms with Gasteiger partial charge in [0.2, 0.25) is 5.89 Å². The molecule has 24 heavy (non-hydrogen) atoms. The van der Waals surface area contributed by atoms with Crippen LogP contribution < -0.4 is 5.32 Å². The molecule has 0 saturated carbocycles. The van der Waals surface area contributed by atoms with E-state index in [-0.39, 0.29) is 11.8 Å². The Morgan fingerprint density at radius 3 is 2.71 bits per heavy atom. The second-order valence-electron chi connectivity index (χ2n) is 6.19. The summed E-state index contributed by atoms with van der Waals surface area (Å²) in [5.74, 6) is 0.308. The first kappa shape index (κ1) is 19.1. The zero-order valence-electron chi connectivity index (χ0n) is 14.0. The topological polar surface area (TPSA) is 75.4 Å². The lowest BCUT2D eigenvalue weighted by Gasteiger charge is -2.11. The molecule has 1 heterocycles. The molecule has 0 radical (unpaired) electrons. The number of carboxylic acids is 1. The molecule has 0 atom stereocenters. The van der Waals surface area contributed by atoms with Crippen molar-refractivity contribution in [3.05, 3.63) is 18.0 Å². The smallest absolute Gasteiger partial charge is 0.304 e. The number of aromatic nitrogens is 1. The van der Waals surface area contributed by atoms with Crippen LogP contribution in [-0.2, 0) is 10.2 Å². The molecule has 5 nitrogen and oxygen atoms in total. The van der Waals surface area contributed by atoms with E-state index in [0.29, 0.717) is 21.5 Å². The van der Waals surface area contributed by atoms with E-state index in [1.165, 1.54) is 11.8 Å². The summed E-state index contributed by atoms with van der Waals surface area (Å²) in [4.78, 5) is 16.2. The first-order chi connectivity index (χ1) is 11.2. The minimum atomic E-state index is -0.826. The molecule has 1 aromatic carbocycles. The molecule has 2 N–H and O–H groups in total. The van der Waals surface area contributed by atoms with Crippen LogP contribution in [0.3, 0.4) is 0 Å². The van der Waals surface area contributed by atoms with Gasteiger partial charge < -0.3 is 14.8 Å². The average Bonchev–Trinajstić information content (AvgIpc) is 2.88. The molecular weight excluding hydrogens is 364 g/mol. The summed E-state index contributed by atoms with van der Waals surface area (Å²) in [5, 5.41) is 11.9. The third-order valence-electron chi connectivity index (χ3n) is 3.14. The first-order valence-corrected chi connectivity index (χ1v) is 9.97. The number of thioether (sulfide) groups is 2. The van der Waals surface area contributed by atoms with Crippen LogP contribution in [0.25, 0.3) is 11.1 Å². The van der Waals surface area contributed by atoms with E-state index in [4.69, 9.17) is 21.7 Å². The number of thiocarbonyl (C=S) groups is 1. The Kier molecular flexibility index (Phi) is 6.17. The summed E-state index contributed by atoms with van der Waals surface area (Å²) < 4.78 is 6.42. The van der Waals surface area contributed by atoms with Gasteiger partial charge >= 0.3 is 5.97 Å². The minimum absolute atomic E-state index is 0.0813. The molecule has 0 saturated heterocycles. The lowest BCUT2D eigenvalue weighted by molar-refractivity contribution is -0.136. The summed E-state index contributed by atoms with van der Waals surface area (Å²) in [6, 6.07) is 3.87. The Morgan fingerprint density at radius 1 is 1.42 bits per heavy atom. The third-order valence-corrected chi connectivity index (χ3v) is 5.14. The molecule has 2 rings (SSSR count). The highest BCUT2D eigenvalue weighted by molar-refractivity contribution is 8.23. The third kappa shape index (κ3) is 4.87. The van der Waals surface area contributed by atoms with Crippen molar-refractivity contribution in [2.75, 3.05) is 17.3 Å². The van der Waals surface area contributed by atoms with E-state index in [2.05, 4.69) is 31.1 Å². The molecule has 2 aromatic rings. The van der Waals surface area contributed by atoms with Gasteiger partial charge in [0.1, 0.15) is 9.84 Å². The van der Waals surface area contributed by atoms with Crippen LogP contribution in [0.15, 0.2) is 21.4 Å². The number of carbonyl (C=O) groups is 1. The molecule has 0 aliphatic heterocycles. The first-order valence-electron chi connectivity index (χ1n) is 7.35. The van der Waals surface area contributed by atoms with Crippen molar-refractivity contribution < 1.29 is 14.3 Å². The van der Waals surface area contributed by atoms with E-state index in [0.717, 1.165) is 16.1 Å². The number of hydrogen-bond donors (Lipinski definition) is 2. The lowest BCUT2D eigenvalue weighted by Crippen LogP contribution is -2.10. The van der Waals surface area contributed by atoms with E-state index < -0.39 is 5.97 Å². The Morgan fingerprint density at radius 2 is 2.12 bits per heavy atom. The number of rotatable bonds is 5. The number of aliphatic carboxylic acids is 1. The predicted octanol–water partition coefficient (Wildman–Crippen LogP) is 4.75. The lowest BCUT2D eigenvalue weighted by atomic mass is 9.97. The van der Waals surface area contributed by atoms with Crippen LogP contribution in [0.4, 0.5) is 5.69 Å². The van der Waals surface area contributed by atoms with Crippen molar-refractivity contribution in [3.8, 4) is 0 Å². The summed E-state index contributed by atoms with van der Waals surface area (Å²) >= 11 is 8.19. The Labute approximate surface area is 155 Å². The maximum absolute atomic E-state index is 10.6. The Balaban J connectivity index is 2.22. The van der Waals surface area contributed by atoms with Gasteiger partial charge in [-0.15, -0.1) is 11.8 Å². The fraction of sp³-hybridized carbons (Fsp3) is 0.438. The second kappa shape index (κ2) is 7.76. The predicted molar refractivity (Wildman–Crippen MR) is 105 cm³/mol. The molecular formula is C16H20N2O3S3. The van der Waals surface area contributed by atoms with E-state index in [1.807, 2.05) is 18.4 Å². The highest BCUT2D eigenvalue weighted by atomic mass is 32.2. The monoisotopic (exact) mass is 384 g/mol. The van der Waals surface area contributed by atoms with Gasteiger partial charge in [-0.05, 0) is 12.3 Å². The van der Waals surface area contributed by atoms with Gasteiger partial charge in [-0.2, -0.15) is 0 Å². The van der Waals surface area contributed by atoms with Crippen LogP contribution in [0.1, 0.15) is 33.1 Å². The molecule has 0 fully saturated rings. The van der Waals surface area contributed by atoms with Crippen molar-refractivity contribution in [2.45, 2.75) is 37.5 Å². The standard InChI is InChI=1S/C16H20N2O3S3/c1-16(2,3)14-17-9-8-12(23-4)10(7-11(9)21-14)18-15(22)24-6-5-13(19)20/h7-8H,5-6H2,1-4H3,(H,18,22)(H,19,20). The van der Waals surface area contributed by atoms with Gasteiger partial charge in [-0.1, -0.05) is 44.8 Å². The number of oxazole rings is 1. The SMILES string of the molecule is CSc1cc2nc(C(C)(C)C)oc2cc1NC(=S)SCCC(=O)O. The largest absolute Gasteiger partial charge is 0.481 e. The molecule has 0 spiro atoms. The number of hydrogen-bond acceptors (Lipinski definition) is 6. The van der Waals surface area contributed by atoms with Crippen molar-refractivity contribution in [1.82, 2.24) is 4.98 Å². The van der Waals surface area contributed by atoms with Gasteiger partial charge in [-0.3, -0.25) is 4.79 Å². The van der Waals surface area contributed by atoms with Gasteiger partial charge in [0, 0.05) is 22.1 Å². The fourth-order valence-corrected chi connectivity index (χ4v) is 3.48. The zero-order valence-corrected chi connectivity index (χ0v) is 16.5. The van der Waals surface area contributed by atoms with Crippen LogP contribution in [0.5, 0.6) is 0 Å². The highest BCUT2D eigenvalue weighted by Crippen LogP contribution is 2.34. The molecule has 0 bridgehead atoms. The van der Waals surface area contributed by atoms with Gasteiger partial charge in [0.05, 0.1) is 12.1 Å². The number of fused-ring (bicyclic) bond motifs is 1. The van der Waals surface area contributed by atoms with E-state index in [9.17, 15) is 4.79 Å². The maximum Gasteiger partial charge on any atom is 0.304 e. The van der Waals surface area contributed by atoms with Crippen LogP contribution in [0.2, 0.25) is 0 Å². The normalized spacial score (nSPS) is 11.7. The summed E-state index contributed by atoms with van der Waals surface area (Å²) in [5.41, 5.74) is 2.21. The molecule has 0 amide bonds. The highest BCUT2D eigenvalue weighted by Gasteiger charge is 2.21. The van der Waals surface area contributed by atoms with Crippen molar-refractivity contribution in [2.24, 2.45) is 0 Å². The number of carboxylic acid groups (broad SMARTS) is 1. The van der Waals surface area contributed by atoms with Crippen LogP contribution in [-0.4, -0.2) is 32.4 Å². The average molecular weight is 385 g/mol. The minimum Gasteiger partial charge on any atom is -0.481 e. The Hall–Kier alpha value is -1.25. The molecule has 0 aliphatic rings. The second-order valence-corrected chi connectivity index (χ2v) is 8.81. The van der Waals surface area contributed by atoms with Crippen molar-refractivity contribution in [3.63, 3.8) is 0 Å². The number of anilines is 1. The quantitative estimate of drug-likeness (QED) is 0.565. The van der Waals surface area contributed by atoms with Gasteiger partial charge in [0.15, 0.2) is 5.58 Å². The van der Waals surface area contributed by atoms with E-state index in [1.54, 1.807) is 11.8 Å². The van der Waals surface area contributed by atoms with Crippen LogP contribution in [0, 0.1) is 0 Å². The summed E-state index contributed by atoms with van der Waals surface area (Å²) in [6.07, 6.45) is 2.07. The fourth-order valence-electron chi connectivity index (χ4n) is 1.92. The molecule has 130 valence electrons. The molecule has 8 heteroatoms. The van der Waals surface area contributed by atoms with E-state index >= 15 is 0 Å². The van der Waals surface area contributed by atoms with Crippen molar-refractivity contribution in [1.29, 1.82) is 0 Å². The zero-order chi connectivity index (χ0) is 17.9.